The minimum Gasteiger partial charge on any atom is -0.495 e. The zero-order valence-electron chi connectivity index (χ0n) is 9.63. The molecule has 0 saturated heterocycles. The Morgan fingerprint density at radius 1 is 1.33 bits per heavy atom. The highest BCUT2D eigenvalue weighted by Crippen LogP contribution is 2.29. The Balaban J connectivity index is 2.84. The summed E-state index contributed by atoms with van der Waals surface area (Å²) < 4.78 is 5.36. The first-order valence-electron chi connectivity index (χ1n) is 5.19. The molecule has 0 spiro atoms. The average Bonchev–Trinajstić information content (AvgIpc) is 2.20. The highest BCUT2D eigenvalue weighted by molar-refractivity contribution is 7.80. The molecule has 0 aliphatic rings. The third kappa shape index (κ3) is 3.34. The Hall–Kier alpha value is -0.830. The first-order valence-corrected chi connectivity index (χ1v) is 5.82. The van der Waals surface area contributed by atoms with Crippen LogP contribution in [0.15, 0.2) is 12.1 Å². The van der Waals surface area contributed by atoms with Gasteiger partial charge in [-0.1, -0.05) is 6.07 Å². The van der Waals surface area contributed by atoms with Crippen LogP contribution in [-0.2, 0) is 0 Å². The molecule has 0 heterocycles. The Bertz CT molecular complexity index is 326. The molecule has 0 aliphatic carbocycles. The topological polar surface area (TPSA) is 21.3 Å². The third-order valence-corrected chi connectivity index (χ3v) is 2.62. The molecule has 0 aromatic heterocycles. The Morgan fingerprint density at radius 2 is 2.07 bits per heavy atom. The maximum absolute atomic E-state index is 5.36. The van der Waals surface area contributed by atoms with Gasteiger partial charge in [-0.15, -0.1) is 0 Å². The minimum absolute atomic E-state index is 0.903. The molecule has 1 aromatic carbocycles. The fourth-order valence-electron chi connectivity index (χ4n) is 1.61. The van der Waals surface area contributed by atoms with E-state index < -0.39 is 0 Å². The summed E-state index contributed by atoms with van der Waals surface area (Å²) in [6.45, 7) is 5.11. The molecule has 84 valence electrons. The predicted molar refractivity (Wildman–Crippen MR) is 69.4 cm³/mol. The van der Waals surface area contributed by atoms with Gasteiger partial charge >= 0.3 is 0 Å². The normalized spacial score (nSPS) is 10.1. The third-order valence-electron chi connectivity index (χ3n) is 2.30. The van der Waals surface area contributed by atoms with E-state index >= 15 is 0 Å². The van der Waals surface area contributed by atoms with Crippen LogP contribution in [0.3, 0.4) is 0 Å². The summed E-state index contributed by atoms with van der Waals surface area (Å²) in [6, 6.07) is 4.21. The van der Waals surface area contributed by atoms with Crippen LogP contribution < -0.4 is 10.1 Å². The summed E-state index contributed by atoms with van der Waals surface area (Å²) in [7, 11) is 1.71. The van der Waals surface area contributed by atoms with Gasteiger partial charge < -0.3 is 10.1 Å². The van der Waals surface area contributed by atoms with Crippen LogP contribution in [0.1, 0.15) is 17.5 Å². The number of ether oxygens (including phenoxy) is 1. The van der Waals surface area contributed by atoms with E-state index in [4.69, 9.17) is 4.74 Å². The van der Waals surface area contributed by atoms with Crippen molar-refractivity contribution in [3.8, 4) is 5.75 Å². The summed E-state index contributed by atoms with van der Waals surface area (Å²) in [4.78, 5) is 0. The van der Waals surface area contributed by atoms with Crippen LogP contribution in [0.25, 0.3) is 0 Å². The second-order valence-corrected chi connectivity index (χ2v) is 4.11. The van der Waals surface area contributed by atoms with Gasteiger partial charge in [0.05, 0.1) is 12.8 Å². The Labute approximate surface area is 97.4 Å². The van der Waals surface area contributed by atoms with E-state index in [1.807, 2.05) is 0 Å². The highest BCUT2D eigenvalue weighted by atomic mass is 32.1. The number of aryl methyl sites for hydroxylation is 2. The molecule has 0 atom stereocenters. The summed E-state index contributed by atoms with van der Waals surface area (Å²) in [5, 5.41) is 3.39. The number of methoxy groups -OCH3 is 1. The lowest BCUT2D eigenvalue weighted by Crippen LogP contribution is -2.05. The van der Waals surface area contributed by atoms with Crippen molar-refractivity contribution >= 4 is 18.3 Å². The smallest absolute Gasteiger partial charge is 0.142 e. The van der Waals surface area contributed by atoms with Gasteiger partial charge in [0.25, 0.3) is 0 Å². The Morgan fingerprint density at radius 3 is 2.67 bits per heavy atom. The van der Waals surface area contributed by atoms with Crippen LogP contribution in [-0.4, -0.2) is 19.4 Å². The predicted octanol–water partition coefficient (Wildman–Crippen LogP) is 3.04. The van der Waals surface area contributed by atoms with E-state index in [1.54, 1.807) is 7.11 Å². The quantitative estimate of drug-likeness (QED) is 0.593. The zero-order chi connectivity index (χ0) is 11.3. The largest absolute Gasteiger partial charge is 0.495 e. The molecule has 0 fully saturated rings. The molecule has 3 heteroatoms. The molecule has 15 heavy (non-hydrogen) atoms. The monoisotopic (exact) mass is 225 g/mol. The molecule has 0 amide bonds. The second kappa shape index (κ2) is 5.91. The second-order valence-electron chi connectivity index (χ2n) is 3.66. The van der Waals surface area contributed by atoms with Crippen LogP contribution in [0.4, 0.5) is 5.69 Å². The standard InChI is InChI=1S/C12H19NOS/c1-9-7-10(2)12(11(8-9)14-3)13-5-4-6-15/h7-8,13,15H,4-6H2,1-3H3. The number of anilines is 1. The van der Waals surface area contributed by atoms with Gasteiger partial charge in [-0.25, -0.2) is 0 Å². The van der Waals surface area contributed by atoms with Gasteiger partial charge in [0.15, 0.2) is 0 Å². The van der Waals surface area contributed by atoms with E-state index in [1.165, 1.54) is 11.1 Å². The van der Waals surface area contributed by atoms with Gasteiger partial charge in [0, 0.05) is 6.54 Å². The maximum Gasteiger partial charge on any atom is 0.142 e. The average molecular weight is 225 g/mol. The van der Waals surface area contributed by atoms with E-state index in [2.05, 4.69) is 43.9 Å². The van der Waals surface area contributed by atoms with Gasteiger partial charge in [-0.2, -0.15) is 12.6 Å². The molecule has 1 N–H and O–H groups in total. The number of rotatable bonds is 5. The summed E-state index contributed by atoms with van der Waals surface area (Å²) in [5.41, 5.74) is 3.56. The van der Waals surface area contributed by atoms with E-state index in [0.29, 0.717) is 0 Å². The van der Waals surface area contributed by atoms with Gasteiger partial charge in [0.1, 0.15) is 5.75 Å². The summed E-state index contributed by atoms with van der Waals surface area (Å²) in [6.07, 6.45) is 1.06. The fourth-order valence-corrected chi connectivity index (χ4v) is 1.77. The zero-order valence-corrected chi connectivity index (χ0v) is 10.5. The first kappa shape index (κ1) is 12.2. The van der Waals surface area contributed by atoms with Crippen molar-refractivity contribution in [1.82, 2.24) is 0 Å². The lowest BCUT2D eigenvalue weighted by atomic mass is 10.1. The Kier molecular flexibility index (Phi) is 4.82. The van der Waals surface area contributed by atoms with Crippen molar-refractivity contribution < 1.29 is 4.74 Å². The highest BCUT2D eigenvalue weighted by Gasteiger charge is 2.06. The molecule has 1 rings (SSSR count). The molecular weight excluding hydrogens is 206 g/mol. The molecule has 2 nitrogen and oxygen atoms in total. The number of thiol groups is 1. The molecule has 0 bridgehead atoms. The lowest BCUT2D eigenvalue weighted by molar-refractivity contribution is 0.416. The van der Waals surface area contributed by atoms with Crippen molar-refractivity contribution in [1.29, 1.82) is 0 Å². The molecule has 1 aromatic rings. The van der Waals surface area contributed by atoms with Crippen molar-refractivity contribution in [3.05, 3.63) is 23.3 Å². The SMILES string of the molecule is COc1cc(C)cc(C)c1NCCCS. The van der Waals surface area contributed by atoms with Crippen molar-refractivity contribution in [2.24, 2.45) is 0 Å². The lowest BCUT2D eigenvalue weighted by Gasteiger charge is -2.14. The van der Waals surface area contributed by atoms with E-state index in [9.17, 15) is 0 Å². The number of nitrogens with one attached hydrogen (secondary N) is 1. The van der Waals surface area contributed by atoms with Gasteiger partial charge in [-0.05, 0) is 43.2 Å². The van der Waals surface area contributed by atoms with Gasteiger partial charge in [0.2, 0.25) is 0 Å². The van der Waals surface area contributed by atoms with Crippen LogP contribution >= 0.6 is 12.6 Å². The number of hydrogen-bond donors (Lipinski definition) is 2. The van der Waals surface area contributed by atoms with Crippen LogP contribution in [0, 0.1) is 13.8 Å². The van der Waals surface area contributed by atoms with Crippen molar-refractivity contribution in [2.45, 2.75) is 20.3 Å². The van der Waals surface area contributed by atoms with Gasteiger partial charge in [-0.3, -0.25) is 0 Å². The van der Waals surface area contributed by atoms with Crippen LogP contribution in [0.2, 0.25) is 0 Å². The molecular formula is C12H19NOS. The number of benzene rings is 1. The summed E-state index contributed by atoms with van der Waals surface area (Å²) >= 11 is 4.19. The molecule has 0 saturated carbocycles. The number of hydrogen-bond acceptors (Lipinski definition) is 3. The van der Waals surface area contributed by atoms with Crippen molar-refractivity contribution in [3.63, 3.8) is 0 Å². The minimum atomic E-state index is 0.903. The van der Waals surface area contributed by atoms with Crippen LogP contribution in [0.5, 0.6) is 5.75 Å². The first-order chi connectivity index (χ1) is 7.19. The maximum atomic E-state index is 5.36. The van der Waals surface area contributed by atoms with E-state index in [0.717, 1.165) is 30.2 Å². The fraction of sp³-hybridized carbons (Fsp3) is 0.500. The van der Waals surface area contributed by atoms with Crippen molar-refractivity contribution in [2.75, 3.05) is 24.7 Å². The van der Waals surface area contributed by atoms with E-state index in [-0.39, 0.29) is 0 Å². The summed E-state index contributed by atoms with van der Waals surface area (Å²) in [5.74, 6) is 1.83. The molecule has 0 aliphatic heterocycles. The molecule has 0 unspecified atom stereocenters. The molecule has 0 radical (unpaired) electrons.